The monoisotopic (exact) mass is 292 g/mol. The molecule has 0 spiro atoms. The van der Waals surface area contributed by atoms with Crippen LogP contribution in [0.3, 0.4) is 0 Å². The normalized spacial score (nSPS) is 11.2. The second-order valence-corrected chi connectivity index (χ2v) is 4.48. The Hall–Kier alpha value is -1.20. The molecule has 0 bridgehead atoms. The molecule has 0 aliphatic heterocycles. The van der Waals surface area contributed by atoms with Crippen molar-refractivity contribution in [1.82, 2.24) is 0 Å². The minimum atomic E-state index is -0.236. The van der Waals surface area contributed by atoms with Crippen LogP contribution < -0.4 is 0 Å². The summed E-state index contributed by atoms with van der Waals surface area (Å²) in [7, 11) is 0. The third kappa shape index (κ3) is 4.66. The summed E-state index contributed by atoms with van der Waals surface area (Å²) >= 11 is 3.51. The molecule has 17 heavy (non-hydrogen) atoms. The molecule has 1 unspecified atom stereocenters. The van der Waals surface area contributed by atoms with Gasteiger partial charge in [0.1, 0.15) is 0 Å². The summed E-state index contributed by atoms with van der Waals surface area (Å²) in [6.07, 6.45) is 4.41. The van der Waals surface area contributed by atoms with E-state index in [-0.39, 0.29) is 6.10 Å². The first-order chi connectivity index (χ1) is 8.29. The van der Waals surface area contributed by atoms with E-state index < -0.39 is 0 Å². The zero-order valence-corrected chi connectivity index (χ0v) is 11.7. The molecule has 1 aromatic carbocycles. The van der Waals surface area contributed by atoms with E-state index in [4.69, 9.17) is 4.74 Å². The van der Waals surface area contributed by atoms with E-state index in [0.29, 0.717) is 0 Å². The van der Waals surface area contributed by atoms with E-state index in [0.717, 1.165) is 29.3 Å². The molecule has 0 fully saturated rings. The SMILES string of the molecule is C=COC(C#CCCCC)c1ccccc1Br. The van der Waals surface area contributed by atoms with E-state index in [1.165, 1.54) is 6.26 Å². The lowest BCUT2D eigenvalue weighted by Gasteiger charge is -2.12. The Morgan fingerprint density at radius 1 is 1.47 bits per heavy atom. The molecule has 1 rings (SSSR count). The molecule has 0 heterocycles. The predicted molar refractivity (Wildman–Crippen MR) is 75.5 cm³/mol. The Bertz CT molecular complexity index is 414. The van der Waals surface area contributed by atoms with Gasteiger partial charge < -0.3 is 4.74 Å². The minimum Gasteiger partial charge on any atom is -0.481 e. The maximum atomic E-state index is 5.45. The van der Waals surface area contributed by atoms with Crippen molar-refractivity contribution in [2.45, 2.75) is 32.3 Å². The van der Waals surface area contributed by atoms with Crippen LogP contribution in [0, 0.1) is 11.8 Å². The summed E-state index contributed by atoms with van der Waals surface area (Å²) < 4.78 is 6.46. The van der Waals surface area contributed by atoms with Gasteiger partial charge in [0.15, 0.2) is 6.10 Å². The Morgan fingerprint density at radius 3 is 2.88 bits per heavy atom. The number of ether oxygens (including phenoxy) is 1. The Labute approximate surface area is 112 Å². The average molecular weight is 293 g/mol. The fourth-order valence-electron chi connectivity index (χ4n) is 1.40. The third-order valence-electron chi connectivity index (χ3n) is 2.31. The van der Waals surface area contributed by atoms with Crippen LogP contribution in [0.1, 0.15) is 37.9 Å². The molecule has 0 saturated carbocycles. The molecule has 90 valence electrons. The predicted octanol–water partition coefficient (Wildman–Crippen LogP) is 4.84. The standard InChI is InChI=1S/C15H17BrO/c1-3-5-6-7-12-15(17-4-2)13-10-8-9-11-14(13)16/h4,8-11,15H,2-3,5-6H2,1H3. The Kier molecular flexibility index (Phi) is 6.50. The molecule has 0 saturated heterocycles. The molecule has 0 aliphatic rings. The highest BCUT2D eigenvalue weighted by Crippen LogP contribution is 2.25. The van der Waals surface area contributed by atoms with Gasteiger partial charge in [-0.05, 0) is 12.5 Å². The summed E-state index contributed by atoms with van der Waals surface area (Å²) in [6.45, 7) is 5.75. The zero-order chi connectivity index (χ0) is 12.5. The molecule has 0 radical (unpaired) electrons. The van der Waals surface area contributed by atoms with Crippen molar-refractivity contribution in [3.05, 3.63) is 47.1 Å². The van der Waals surface area contributed by atoms with E-state index in [9.17, 15) is 0 Å². The topological polar surface area (TPSA) is 9.23 Å². The smallest absolute Gasteiger partial charge is 0.184 e. The largest absolute Gasteiger partial charge is 0.481 e. The highest BCUT2D eigenvalue weighted by Gasteiger charge is 2.10. The maximum Gasteiger partial charge on any atom is 0.184 e. The fourth-order valence-corrected chi connectivity index (χ4v) is 1.89. The van der Waals surface area contributed by atoms with Crippen molar-refractivity contribution in [2.75, 3.05) is 0 Å². The summed E-state index contributed by atoms with van der Waals surface area (Å²) in [6, 6.07) is 7.95. The van der Waals surface area contributed by atoms with Crippen LogP contribution in [0.5, 0.6) is 0 Å². The van der Waals surface area contributed by atoms with Crippen LogP contribution in [0.2, 0.25) is 0 Å². The van der Waals surface area contributed by atoms with Gasteiger partial charge in [0.2, 0.25) is 0 Å². The van der Waals surface area contributed by atoms with Gasteiger partial charge in [0, 0.05) is 16.5 Å². The van der Waals surface area contributed by atoms with E-state index in [1.807, 2.05) is 24.3 Å². The zero-order valence-electron chi connectivity index (χ0n) is 10.1. The number of hydrogen-bond donors (Lipinski definition) is 0. The molecule has 0 aliphatic carbocycles. The van der Waals surface area contributed by atoms with Crippen molar-refractivity contribution in [2.24, 2.45) is 0 Å². The first kappa shape index (κ1) is 13.9. The van der Waals surface area contributed by atoms with Crippen molar-refractivity contribution in [3.63, 3.8) is 0 Å². The van der Waals surface area contributed by atoms with Crippen LogP contribution in [-0.2, 0) is 4.74 Å². The van der Waals surface area contributed by atoms with Crippen LogP contribution >= 0.6 is 15.9 Å². The number of benzene rings is 1. The van der Waals surface area contributed by atoms with Gasteiger partial charge in [-0.3, -0.25) is 0 Å². The average Bonchev–Trinajstić information content (AvgIpc) is 2.34. The second kappa shape index (κ2) is 7.97. The molecular formula is C15H17BrO. The van der Waals surface area contributed by atoms with Crippen molar-refractivity contribution >= 4 is 15.9 Å². The third-order valence-corrected chi connectivity index (χ3v) is 3.03. The lowest BCUT2D eigenvalue weighted by atomic mass is 10.1. The van der Waals surface area contributed by atoms with Gasteiger partial charge in [-0.15, -0.1) is 0 Å². The fraction of sp³-hybridized carbons (Fsp3) is 0.333. The highest BCUT2D eigenvalue weighted by molar-refractivity contribution is 9.10. The molecule has 2 heteroatoms. The molecule has 0 aromatic heterocycles. The minimum absolute atomic E-state index is 0.236. The first-order valence-electron chi connectivity index (χ1n) is 5.78. The lowest BCUT2D eigenvalue weighted by Crippen LogP contribution is -1.98. The van der Waals surface area contributed by atoms with Gasteiger partial charge in [-0.1, -0.05) is 65.9 Å². The summed E-state index contributed by atoms with van der Waals surface area (Å²) in [4.78, 5) is 0. The van der Waals surface area contributed by atoms with Gasteiger partial charge in [-0.2, -0.15) is 0 Å². The molecule has 0 amide bonds. The van der Waals surface area contributed by atoms with Crippen LogP contribution in [0.25, 0.3) is 0 Å². The maximum absolute atomic E-state index is 5.45. The lowest BCUT2D eigenvalue weighted by molar-refractivity contribution is 0.199. The second-order valence-electron chi connectivity index (χ2n) is 3.63. The summed E-state index contributed by atoms with van der Waals surface area (Å²) in [5.74, 6) is 6.29. The number of unbranched alkanes of at least 4 members (excludes halogenated alkanes) is 2. The van der Waals surface area contributed by atoms with Crippen LogP contribution in [0.15, 0.2) is 41.6 Å². The van der Waals surface area contributed by atoms with Gasteiger partial charge in [-0.25, -0.2) is 0 Å². The van der Waals surface area contributed by atoms with Crippen molar-refractivity contribution in [1.29, 1.82) is 0 Å². The van der Waals surface area contributed by atoms with E-state index in [1.54, 1.807) is 0 Å². The Morgan fingerprint density at radius 2 is 2.24 bits per heavy atom. The molecule has 0 N–H and O–H groups in total. The number of rotatable bonds is 5. The number of hydrogen-bond acceptors (Lipinski definition) is 1. The van der Waals surface area contributed by atoms with Crippen molar-refractivity contribution in [3.8, 4) is 11.8 Å². The highest BCUT2D eigenvalue weighted by atomic mass is 79.9. The van der Waals surface area contributed by atoms with Crippen LogP contribution in [0.4, 0.5) is 0 Å². The van der Waals surface area contributed by atoms with Crippen LogP contribution in [-0.4, -0.2) is 0 Å². The van der Waals surface area contributed by atoms with Gasteiger partial charge in [0.25, 0.3) is 0 Å². The summed E-state index contributed by atoms with van der Waals surface area (Å²) in [5, 5.41) is 0. The quantitative estimate of drug-likeness (QED) is 0.428. The molecule has 1 aromatic rings. The molecular weight excluding hydrogens is 276 g/mol. The summed E-state index contributed by atoms with van der Waals surface area (Å²) in [5.41, 5.74) is 1.04. The Balaban J connectivity index is 2.81. The van der Waals surface area contributed by atoms with E-state index in [2.05, 4.69) is 41.3 Å². The molecule has 1 atom stereocenters. The number of halogens is 1. The van der Waals surface area contributed by atoms with E-state index >= 15 is 0 Å². The van der Waals surface area contributed by atoms with Gasteiger partial charge in [0.05, 0.1) is 6.26 Å². The molecule has 1 nitrogen and oxygen atoms in total. The first-order valence-corrected chi connectivity index (χ1v) is 6.58. The van der Waals surface area contributed by atoms with Crippen molar-refractivity contribution < 1.29 is 4.74 Å². The van der Waals surface area contributed by atoms with Gasteiger partial charge >= 0.3 is 0 Å².